The van der Waals surface area contributed by atoms with Crippen molar-refractivity contribution in [2.75, 3.05) is 39.5 Å². The van der Waals surface area contributed by atoms with Crippen molar-refractivity contribution in [3.8, 4) is 5.75 Å². The van der Waals surface area contributed by atoms with E-state index in [-0.39, 0.29) is 5.69 Å². The van der Waals surface area contributed by atoms with Crippen LogP contribution >= 0.6 is 15.9 Å². The maximum Gasteiger partial charge on any atom is 0.270 e. The van der Waals surface area contributed by atoms with Gasteiger partial charge in [0.15, 0.2) is 0 Å². The lowest BCUT2D eigenvalue weighted by Crippen LogP contribution is -2.38. The molecule has 19 heavy (non-hydrogen) atoms. The number of morpholine rings is 1. The second kappa shape index (κ2) is 6.83. The molecule has 0 saturated carbocycles. The Morgan fingerprint density at radius 2 is 2.16 bits per heavy atom. The molecule has 0 spiro atoms. The summed E-state index contributed by atoms with van der Waals surface area (Å²) in [4.78, 5) is 12.4. The van der Waals surface area contributed by atoms with Gasteiger partial charge >= 0.3 is 0 Å². The summed E-state index contributed by atoms with van der Waals surface area (Å²) in [5.74, 6) is 0.624. The van der Waals surface area contributed by atoms with E-state index in [1.165, 1.54) is 12.1 Å². The Hall–Kier alpha value is -1.18. The van der Waals surface area contributed by atoms with Gasteiger partial charge in [0.25, 0.3) is 5.69 Å². The first-order chi connectivity index (χ1) is 9.16. The van der Waals surface area contributed by atoms with Crippen molar-refractivity contribution in [2.24, 2.45) is 0 Å². The molecular formula is C12H15BrN2O4. The number of rotatable bonds is 5. The van der Waals surface area contributed by atoms with Crippen molar-refractivity contribution in [3.63, 3.8) is 0 Å². The van der Waals surface area contributed by atoms with Crippen LogP contribution in [0.25, 0.3) is 0 Å². The van der Waals surface area contributed by atoms with Crippen LogP contribution in [0.3, 0.4) is 0 Å². The third-order valence-corrected chi connectivity index (χ3v) is 3.51. The van der Waals surface area contributed by atoms with Gasteiger partial charge in [-0.25, -0.2) is 0 Å². The summed E-state index contributed by atoms with van der Waals surface area (Å²) in [5, 5.41) is 10.6. The largest absolute Gasteiger partial charge is 0.491 e. The standard InChI is InChI=1S/C12H15BrN2O4/c13-11-9-10(15(16)17)1-2-12(11)19-8-5-14-3-6-18-7-4-14/h1-2,9H,3-8H2. The topological polar surface area (TPSA) is 64.8 Å². The second-order valence-electron chi connectivity index (χ2n) is 4.17. The number of ether oxygens (including phenoxy) is 2. The van der Waals surface area contributed by atoms with Crippen molar-refractivity contribution in [3.05, 3.63) is 32.8 Å². The third kappa shape index (κ3) is 4.15. The summed E-state index contributed by atoms with van der Waals surface area (Å²) in [5.41, 5.74) is 0.0485. The average molecular weight is 331 g/mol. The Bertz CT molecular complexity index is 449. The fraction of sp³-hybridized carbons (Fsp3) is 0.500. The van der Waals surface area contributed by atoms with Gasteiger partial charge < -0.3 is 9.47 Å². The number of hydrogen-bond donors (Lipinski definition) is 0. The molecule has 1 aromatic carbocycles. The van der Waals surface area contributed by atoms with E-state index in [2.05, 4.69) is 20.8 Å². The Morgan fingerprint density at radius 3 is 2.79 bits per heavy atom. The number of nitrogens with zero attached hydrogens (tertiary/aromatic N) is 2. The summed E-state index contributed by atoms with van der Waals surface area (Å²) in [6.07, 6.45) is 0. The normalized spacial score (nSPS) is 16.3. The van der Waals surface area contributed by atoms with Crippen LogP contribution in [0.2, 0.25) is 0 Å². The van der Waals surface area contributed by atoms with Crippen LogP contribution in [-0.2, 0) is 4.74 Å². The lowest BCUT2D eigenvalue weighted by atomic mass is 10.3. The van der Waals surface area contributed by atoms with Gasteiger partial charge in [0.2, 0.25) is 0 Å². The van der Waals surface area contributed by atoms with Gasteiger partial charge in [-0.1, -0.05) is 0 Å². The molecule has 1 heterocycles. The molecule has 0 aromatic heterocycles. The van der Waals surface area contributed by atoms with Gasteiger partial charge in [-0.15, -0.1) is 0 Å². The third-order valence-electron chi connectivity index (χ3n) is 2.90. The Balaban J connectivity index is 1.83. The molecule has 2 rings (SSSR count). The minimum atomic E-state index is -0.428. The number of nitro groups is 1. The number of hydrogen-bond acceptors (Lipinski definition) is 5. The van der Waals surface area contributed by atoms with Crippen molar-refractivity contribution < 1.29 is 14.4 Å². The molecule has 0 bridgehead atoms. The number of nitro benzene ring substituents is 1. The number of non-ortho nitro benzene ring substituents is 1. The van der Waals surface area contributed by atoms with Crippen molar-refractivity contribution in [1.29, 1.82) is 0 Å². The van der Waals surface area contributed by atoms with Crippen molar-refractivity contribution in [2.45, 2.75) is 0 Å². The minimum absolute atomic E-state index is 0.0485. The molecule has 1 aliphatic rings. The molecule has 1 aromatic rings. The van der Waals surface area contributed by atoms with E-state index >= 15 is 0 Å². The Kier molecular flexibility index (Phi) is 5.12. The Morgan fingerprint density at radius 1 is 1.42 bits per heavy atom. The van der Waals surface area contributed by atoms with Crippen LogP contribution in [0.4, 0.5) is 5.69 Å². The highest BCUT2D eigenvalue weighted by Gasteiger charge is 2.12. The van der Waals surface area contributed by atoms with E-state index in [4.69, 9.17) is 9.47 Å². The zero-order chi connectivity index (χ0) is 13.7. The zero-order valence-electron chi connectivity index (χ0n) is 10.4. The summed E-state index contributed by atoms with van der Waals surface area (Å²) in [7, 11) is 0. The van der Waals surface area contributed by atoms with Crippen LogP contribution in [0.1, 0.15) is 0 Å². The highest BCUT2D eigenvalue weighted by Crippen LogP contribution is 2.28. The summed E-state index contributed by atoms with van der Waals surface area (Å²) >= 11 is 3.28. The molecule has 104 valence electrons. The molecule has 0 N–H and O–H groups in total. The fourth-order valence-electron chi connectivity index (χ4n) is 1.83. The van der Waals surface area contributed by atoms with Crippen LogP contribution in [0.5, 0.6) is 5.75 Å². The van der Waals surface area contributed by atoms with Crippen molar-refractivity contribution >= 4 is 21.6 Å². The maximum atomic E-state index is 10.6. The molecule has 0 unspecified atom stereocenters. The van der Waals surface area contributed by atoms with Crippen LogP contribution < -0.4 is 4.74 Å². The molecule has 6 nitrogen and oxygen atoms in total. The van der Waals surface area contributed by atoms with E-state index in [1.807, 2.05) is 0 Å². The van der Waals surface area contributed by atoms with Crippen LogP contribution in [0.15, 0.2) is 22.7 Å². The highest BCUT2D eigenvalue weighted by molar-refractivity contribution is 9.10. The zero-order valence-corrected chi connectivity index (χ0v) is 12.0. The molecule has 0 aliphatic carbocycles. The van der Waals surface area contributed by atoms with Crippen LogP contribution in [-0.4, -0.2) is 49.3 Å². The van der Waals surface area contributed by atoms with Gasteiger partial charge in [-0.3, -0.25) is 15.0 Å². The van der Waals surface area contributed by atoms with Crippen LogP contribution in [0, 0.1) is 10.1 Å². The first kappa shape index (κ1) is 14.2. The monoisotopic (exact) mass is 330 g/mol. The predicted octanol–water partition coefficient (Wildman–Crippen LogP) is 2.07. The van der Waals surface area contributed by atoms with E-state index < -0.39 is 4.92 Å². The summed E-state index contributed by atoms with van der Waals surface area (Å²) < 4.78 is 11.5. The predicted molar refractivity (Wildman–Crippen MR) is 73.6 cm³/mol. The highest BCUT2D eigenvalue weighted by atomic mass is 79.9. The summed E-state index contributed by atoms with van der Waals surface area (Å²) in [6.45, 7) is 4.75. The molecule has 7 heteroatoms. The van der Waals surface area contributed by atoms with E-state index in [0.29, 0.717) is 16.8 Å². The quantitative estimate of drug-likeness (QED) is 0.610. The lowest BCUT2D eigenvalue weighted by Gasteiger charge is -2.26. The summed E-state index contributed by atoms with van der Waals surface area (Å²) in [6, 6.07) is 4.50. The molecule has 0 atom stereocenters. The van der Waals surface area contributed by atoms with E-state index in [1.54, 1.807) is 6.07 Å². The van der Waals surface area contributed by atoms with Crippen molar-refractivity contribution in [1.82, 2.24) is 4.90 Å². The van der Waals surface area contributed by atoms with E-state index in [9.17, 15) is 10.1 Å². The molecule has 1 fully saturated rings. The molecular weight excluding hydrogens is 316 g/mol. The second-order valence-corrected chi connectivity index (χ2v) is 5.03. The molecule has 0 amide bonds. The first-order valence-corrected chi connectivity index (χ1v) is 6.83. The fourth-order valence-corrected chi connectivity index (χ4v) is 2.31. The lowest BCUT2D eigenvalue weighted by molar-refractivity contribution is -0.385. The van der Waals surface area contributed by atoms with Gasteiger partial charge in [0.1, 0.15) is 12.4 Å². The SMILES string of the molecule is O=[N+]([O-])c1ccc(OCCN2CCOCC2)c(Br)c1. The molecule has 0 radical (unpaired) electrons. The molecule has 1 aliphatic heterocycles. The Labute approximate surface area is 119 Å². The maximum absolute atomic E-state index is 10.6. The van der Waals surface area contributed by atoms with Gasteiger partial charge in [-0.2, -0.15) is 0 Å². The minimum Gasteiger partial charge on any atom is -0.491 e. The van der Waals surface area contributed by atoms with Gasteiger partial charge in [0, 0.05) is 31.8 Å². The molecule has 1 saturated heterocycles. The first-order valence-electron chi connectivity index (χ1n) is 6.03. The number of benzene rings is 1. The van der Waals surface area contributed by atoms with Gasteiger partial charge in [-0.05, 0) is 22.0 Å². The number of halogens is 1. The van der Waals surface area contributed by atoms with Gasteiger partial charge in [0.05, 0.1) is 22.6 Å². The smallest absolute Gasteiger partial charge is 0.270 e. The van der Waals surface area contributed by atoms with E-state index in [0.717, 1.165) is 32.8 Å². The average Bonchev–Trinajstić information content (AvgIpc) is 2.41.